The smallest absolute Gasteiger partial charge is 0.237 e. The van der Waals surface area contributed by atoms with Crippen LogP contribution in [0.2, 0.25) is 0 Å². The summed E-state index contributed by atoms with van der Waals surface area (Å²) in [4.78, 5) is 16.0. The zero-order valence-electron chi connectivity index (χ0n) is 12.8. The van der Waals surface area contributed by atoms with Crippen LogP contribution in [-0.4, -0.2) is 28.0 Å². The molecule has 1 unspecified atom stereocenters. The van der Waals surface area contributed by atoms with Crippen LogP contribution in [0, 0.1) is 0 Å². The maximum absolute atomic E-state index is 12.0. The number of hydrogen-bond acceptors (Lipinski definition) is 3. The van der Waals surface area contributed by atoms with Gasteiger partial charge < -0.3 is 15.2 Å². The summed E-state index contributed by atoms with van der Waals surface area (Å²) in [5.41, 5.74) is 2.33. The first-order valence-corrected chi connectivity index (χ1v) is 7.36. The first kappa shape index (κ1) is 19.5. The van der Waals surface area contributed by atoms with Gasteiger partial charge >= 0.3 is 0 Å². The van der Waals surface area contributed by atoms with Gasteiger partial charge in [-0.15, -0.1) is 24.8 Å². The van der Waals surface area contributed by atoms with Gasteiger partial charge in [0, 0.05) is 25.5 Å². The molecule has 0 saturated carbocycles. The molecule has 0 radical (unpaired) electrons. The molecule has 1 amide bonds. The normalized spacial score (nSPS) is 16.3. The molecule has 2 aromatic rings. The van der Waals surface area contributed by atoms with Crippen LogP contribution in [0.1, 0.15) is 24.0 Å². The maximum atomic E-state index is 12.0. The lowest BCUT2D eigenvalue weighted by molar-refractivity contribution is -0.122. The molecule has 23 heavy (non-hydrogen) atoms. The minimum Gasteiger partial charge on any atom is -0.351 e. The van der Waals surface area contributed by atoms with Crippen LogP contribution in [0.15, 0.2) is 43.0 Å². The van der Waals surface area contributed by atoms with Gasteiger partial charge in [-0.05, 0) is 30.5 Å². The second-order valence-electron chi connectivity index (χ2n) is 5.42. The summed E-state index contributed by atoms with van der Waals surface area (Å²) in [6.07, 6.45) is 7.55. The van der Waals surface area contributed by atoms with Crippen molar-refractivity contribution in [2.75, 3.05) is 6.54 Å². The highest BCUT2D eigenvalue weighted by Crippen LogP contribution is 2.08. The van der Waals surface area contributed by atoms with Crippen molar-refractivity contribution in [3.63, 3.8) is 0 Å². The fourth-order valence-corrected chi connectivity index (χ4v) is 2.65. The molecule has 0 spiro atoms. The third-order valence-corrected chi connectivity index (χ3v) is 3.76. The molecule has 1 fully saturated rings. The van der Waals surface area contributed by atoms with Gasteiger partial charge in [-0.1, -0.05) is 24.3 Å². The Kier molecular flexibility index (Phi) is 8.09. The Morgan fingerprint density at radius 2 is 2.17 bits per heavy atom. The zero-order valence-corrected chi connectivity index (χ0v) is 14.4. The summed E-state index contributed by atoms with van der Waals surface area (Å²) < 4.78 is 2.03. The van der Waals surface area contributed by atoms with Crippen molar-refractivity contribution < 1.29 is 4.79 Å². The maximum Gasteiger partial charge on any atom is 0.237 e. The standard InChI is InChI=1S/C16H20N4O.2ClH/c21-16(15-5-2-6-18-15)19-10-13-3-1-4-14(9-13)11-20-8-7-17-12-20;;/h1,3-4,7-9,12,15,18H,2,5-6,10-11H2,(H,19,21);2*1H. The Morgan fingerprint density at radius 3 is 2.87 bits per heavy atom. The number of aromatic nitrogens is 2. The molecule has 1 atom stereocenters. The summed E-state index contributed by atoms with van der Waals surface area (Å²) in [5.74, 6) is 0.104. The van der Waals surface area contributed by atoms with E-state index in [2.05, 4.69) is 27.8 Å². The van der Waals surface area contributed by atoms with Crippen molar-refractivity contribution >= 4 is 30.7 Å². The predicted octanol–water partition coefficient (Wildman–Crippen LogP) is 2.14. The molecular weight excluding hydrogens is 335 g/mol. The van der Waals surface area contributed by atoms with E-state index >= 15 is 0 Å². The molecule has 1 aromatic heterocycles. The number of imidazole rings is 1. The minimum absolute atomic E-state index is 0. The molecule has 0 bridgehead atoms. The Bertz CT molecular complexity index is 598. The molecule has 1 aliphatic heterocycles. The zero-order chi connectivity index (χ0) is 14.5. The number of nitrogens with zero attached hydrogens (tertiary/aromatic N) is 2. The van der Waals surface area contributed by atoms with E-state index in [9.17, 15) is 4.79 Å². The minimum atomic E-state index is -0.0147. The van der Waals surface area contributed by atoms with E-state index in [1.54, 1.807) is 12.5 Å². The Hall–Kier alpha value is -1.56. The van der Waals surface area contributed by atoms with Crippen molar-refractivity contribution in [1.82, 2.24) is 20.2 Å². The largest absolute Gasteiger partial charge is 0.351 e. The third-order valence-electron chi connectivity index (χ3n) is 3.76. The number of nitrogens with one attached hydrogen (secondary N) is 2. The lowest BCUT2D eigenvalue weighted by atomic mass is 10.1. The SMILES string of the molecule is Cl.Cl.O=C(NCc1cccc(Cn2ccnc2)c1)C1CCCN1. The molecule has 126 valence electrons. The quantitative estimate of drug-likeness (QED) is 0.862. The Labute approximate surface area is 148 Å². The molecular formula is C16H22Cl2N4O. The van der Waals surface area contributed by atoms with E-state index in [1.165, 1.54) is 5.56 Å². The van der Waals surface area contributed by atoms with E-state index in [4.69, 9.17) is 0 Å². The summed E-state index contributed by atoms with van der Waals surface area (Å²) in [7, 11) is 0. The summed E-state index contributed by atoms with van der Waals surface area (Å²) in [6.45, 7) is 2.32. The molecule has 3 rings (SSSR count). The third kappa shape index (κ3) is 5.53. The number of halogens is 2. The Morgan fingerprint density at radius 1 is 1.35 bits per heavy atom. The number of hydrogen-bond donors (Lipinski definition) is 2. The topological polar surface area (TPSA) is 59.0 Å². The van der Waals surface area contributed by atoms with E-state index < -0.39 is 0 Å². The van der Waals surface area contributed by atoms with Crippen molar-refractivity contribution in [2.24, 2.45) is 0 Å². The van der Waals surface area contributed by atoms with Crippen LogP contribution < -0.4 is 10.6 Å². The number of rotatable bonds is 5. The highest BCUT2D eigenvalue weighted by atomic mass is 35.5. The van der Waals surface area contributed by atoms with Crippen molar-refractivity contribution in [2.45, 2.75) is 32.0 Å². The van der Waals surface area contributed by atoms with Gasteiger partial charge in [0.2, 0.25) is 5.91 Å². The van der Waals surface area contributed by atoms with Gasteiger partial charge in [-0.3, -0.25) is 4.79 Å². The number of carbonyl (C=O) groups is 1. The van der Waals surface area contributed by atoms with Crippen LogP contribution in [0.4, 0.5) is 0 Å². The highest BCUT2D eigenvalue weighted by Gasteiger charge is 2.21. The molecule has 5 nitrogen and oxygen atoms in total. The lowest BCUT2D eigenvalue weighted by Gasteiger charge is -2.12. The Balaban J connectivity index is 0.00000132. The van der Waals surface area contributed by atoms with E-state index in [0.29, 0.717) is 6.54 Å². The summed E-state index contributed by atoms with van der Waals surface area (Å²) in [6, 6.07) is 8.27. The first-order chi connectivity index (χ1) is 10.3. The van der Waals surface area contributed by atoms with Gasteiger partial charge in [0.15, 0.2) is 0 Å². The van der Waals surface area contributed by atoms with Crippen LogP contribution >= 0.6 is 24.8 Å². The predicted molar refractivity (Wildman–Crippen MR) is 95.1 cm³/mol. The number of amides is 1. The second-order valence-corrected chi connectivity index (χ2v) is 5.42. The summed E-state index contributed by atoms with van der Waals surface area (Å²) in [5, 5.41) is 6.22. The number of carbonyl (C=O) groups excluding carboxylic acids is 1. The van der Waals surface area contributed by atoms with Crippen molar-refractivity contribution in [1.29, 1.82) is 0 Å². The molecule has 1 aliphatic rings. The van der Waals surface area contributed by atoms with Crippen LogP contribution in [0.3, 0.4) is 0 Å². The number of benzene rings is 1. The first-order valence-electron chi connectivity index (χ1n) is 7.36. The highest BCUT2D eigenvalue weighted by molar-refractivity contribution is 5.85. The van der Waals surface area contributed by atoms with Gasteiger partial charge in [0.25, 0.3) is 0 Å². The molecule has 2 N–H and O–H groups in total. The second kappa shape index (κ2) is 9.55. The fraction of sp³-hybridized carbons (Fsp3) is 0.375. The van der Waals surface area contributed by atoms with Gasteiger partial charge in [0.1, 0.15) is 0 Å². The van der Waals surface area contributed by atoms with Crippen molar-refractivity contribution in [3.8, 4) is 0 Å². The monoisotopic (exact) mass is 356 g/mol. The van der Waals surface area contributed by atoms with E-state index in [-0.39, 0.29) is 36.8 Å². The van der Waals surface area contributed by atoms with Gasteiger partial charge in [0.05, 0.1) is 12.4 Å². The van der Waals surface area contributed by atoms with Crippen LogP contribution in [-0.2, 0) is 17.9 Å². The van der Waals surface area contributed by atoms with Gasteiger partial charge in [-0.2, -0.15) is 0 Å². The lowest BCUT2D eigenvalue weighted by Crippen LogP contribution is -2.40. The molecule has 7 heteroatoms. The van der Waals surface area contributed by atoms with E-state index in [1.807, 2.05) is 22.9 Å². The molecule has 1 saturated heterocycles. The molecule has 0 aliphatic carbocycles. The molecule has 1 aromatic carbocycles. The fourth-order valence-electron chi connectivity index (χ4n) is 2.65. The van der Waals surface area contributed by atoms with Crippen molar-refractivity contribution in [3.05, 3.63) is 54.1 Å². The van der Waals surface area contributed by atoms with Crippen LogP contribution in [0.5, 0.6) is 0 Å². The average Bonchev–Trinajstić information content (AvgIpc) is 3.18. The van der Waals surface area contributed by atoms with Crippen LogP contribution in [0.25, 0.3) is 0 Å². The van der Waals surface area contributed by atoms with E-state index in [0.717, 1.165) is 31.5 Å². The summed E-state index contributed by atoms with van der Waals surface area (Å²) >= 11 is 0. The average molecular weight is 357 g/mol. The van der Waals surface area contributed by atoms with Gasteiger partial charge in [-0.25, -0.2) is 4.98 Å². The molecule has 2 heterocycles.